The first-order chi connectivity index (χ1) is 9.08. The Bertz CT molecular complexity index is 334. The fourth-order valence-corrected chi connectivity index (χ4v) is 3.02. The molecular formula is C16H32N2O2. The number of carbonyl (C=O) groups excluding carboxylic acids is 1. The van der Waals surface area contributed by atoms with Gasteiger partial charge >= 0.3 is 5.97 Å². The van der Waals surface area contributed by atoms with Crippen molar-refractivity contribution in [3.63, 3.8) is 0 Å². The molecule has 0 aromatic carbocycles. The molecule has 118 valence electrons. The molecule has 1 aliphatic rings. The van der Waals surface area contributed by atoms with E-state index in [9.17, 15) is 4.79 Å². The number of hydrogen-bond donors (Lipinski definition) is 1. The van der Waals surface area contributed by atoms with Crippen LogP contribution in [-0.2, 0) is 9.53 Å². The molecule has 3 unspecified atom stereocenters. The molecule has 0 bridgehead atoms. The van der Waals surface area contributed by atoms with Gasteiger partial charge in [0.1, 0.15) is 5.54 Å². The second kappa shape index (κ2) is 6.44. The molecule has 1 aliphatic heterocycles. The largest absolute Gasteiger partial charge is 0.465 e. The van der Waals surface area contributed by atoms with Crippen LogP contribution in [0.1, 0.15) is 54.4 Å². The summed E-state index contributed by atoms with van der Waals surface area (Å²) in [6.07, 6.45) is 1.87. The van der Waals surface area contributed by atoms with Crippen molar-refractivity contribution in [3.8, 4) is 0 Å². The third kappa shape index (κ3) is 4.45. The smallest absolute Gasteiger partial charge is 0.325 e. The SMILES string of the molecule is CCOC(=O)C(C)(N)CC(C)N1CCC(C(C)(C)C)C1. The van der Waals surface area contributed by atoms with Gasteiger partial charge in [0, 0.05) is 12.6 Å². The lowest BCUT2D eigenvalue weighted by Crippen LogP contribution is -2.51. The third-order valence-electron chi connectivity index (χ3n) is 4.53. The van der Waals surface area contributed by atoms with Crippen LogP contribution in [0.15, 0.2) is 0 Å². The molecule has 2 N–H and O–H groups in total. The number of rotatable bonds is 5. The highest BCUT2D eigenvalue weighted by Gasteiger charge is 2.37. The normalized spacial score (nSPS) is 25.2. The van der Waals surface area contributed by atoms with E-state index in [4.69, 9.17) is 10.5 Å². The molecule has 0 saturated carbocycles. The van der Waals surface area contributed by atoms with E-state index < -0.39 is 5.54 Å². The minimum absolute atomic E-state index is 0.293. The van der Waals surface area contributed by atoms with E-state index in [0.29, 0.717) is 24.5 Å². The van der Waals surface area contributed by atoms with Crippen LogP contribution in [0, 0.1) is 11.3 Å². The van der Waals surface area contributed by atoms with Crippen molar-refractivity contribution in [3.05, 3.63) is 0 Å². The van der Waals surface area contributed by atoms with E-state index in [1.54, 1.807) is 6.92 Å². The molecule has 1 fully saturated rings. The van der Waals surface area contributed by atoms with E-state index in [1.807, 2.05) is 6.92 Å². The van der Waals surface area contributed by atoms with Crippen molar-refractivity contribution in [1.82, 2.24) is 4.90 Å². The lowest BCUT2D eigenvalue weighted by atomic mass is 9.80. The van der Waals surface area contributed by atoms with Crippen molar-refractivity contribution in [2.45, 2.75) is 66.0 Å². The maximum Gasteiger partial charge on any atom is 0.325 e. The molecule has 4 nitrogen and oxygen atoms in total. The highest BCUT2D eigenvalue weighted by molar-refractivity contribution is 5.80. The van der Waals surface area contributed by atoms with Gasteiger partial charge in [-0.15, -0.1) is 0 Å². The fraction of sp³-hybridized carbons (Fsp3) is 0.938. The Kier molecular flexibility index (Phi) is 5.61. The summed E-state index contributed by atoms with van der Waals surface area (Å²) in [6, 6.07) is 0.307. The number of nitrogens with zero attached hydrogens (tertiary/aromatic N) is 1. The molecule has 1 saturated heterocycles. The Morgan fingerprint density at radius 3 is 2.45 bits per heavy atom. The molecule has 0 amide bonds. The van der Waals surface area contributed by atoms with Crippen LogP contribution in [0.2, 0.25) is 0 Å². The molecule has 0 aliphatic carbocycles. The van der Waals surface area contributed by atoms with Gasteiger partial charge in [0.15, 0.2) is 0 Å². The average Bonchev–Trinajstić information content (AvgIpc) is 2.77. The molecule has 3 atom stereocenters. The van der Waals surface area contributed by atoms with Gasteiger partial charge in [-0.2, -0.15) is 0 Å². The first kappa shape index (κ1) is 17.4. The van der Waals surface area contributed by atoms with Gasteiger partial charge in [0.2, 0.25) is 0 Å². The van der Waals surface area contributed by atoms with Crippen molar-refractivity contribution >= 4 is 5.97 Å². The fourth-order valence-electron chi connectivity index (χ4n) is 3.02. The molecule has 0 aromatic heterocycles. The van der Waals surface area contributed by atoms with Gasteiger partial charge < -0.3 is 15.4 Å². The molecule has 0 radical (unpaired) electrons. The summed E-state index contributed by atoms with van der Waals surface area (Å²) in [7, 11) is 0. The Labute approximate surface area is 124 Å². The van der Waals surface area contributed by atoms with Crippen molar-refractivity contribution in [1.29, 1.82) is 0 Å². The molecule has 0 spiro atoms. The number of nitrogens with two attached hydrogens (primary N) is 1. The van der Waals surface area contributed by atoms with Crippen LogP contribution in [0.4, 0.5) is 0 Å². The van der Waals surface area contributed by atoms with Crippen molar-refractivity contribution < 1.29 is 9.53 Å². The summed E-state index contributed by atoms with van der Waals surface area (Å²) < 4.78 is 5.06. The summed E-state index contributed by atoms with van der Waals surface area (Å²) in [6.45, 7) is 15.2. The molecule has 0 aromatic rings. The zero-order chi connectivity index (χ0) is 15.6. The monoisotopic (exact) mass is 284 g/mol. The number of ether oxygens (including phenoxy) is 1. The summed E-state index contributed by atoms with van der Waals surface area (Å²) in [5, 5.41) is 0. The number of esters is 1. The van der Waals surface area contributed by atoms with Crippen LogP contribution >= 0.6 is 0 Å². The molecule has 1 rings (SSSR count). The lowest BCUT2D eigenvalue weighted by Gasteiger charge is -2.32. The van der Waals surface area contributed by atoms with Crippen molar-refractivity contribution in [2.24, 2.45) is 17.1 Å². The summed E-state index contributed by atoms with van der Waals surface area (Å²) >= 11 is 0. The second-order valence-corrected chi connectivity index (χ2v) is 7.54. The molecule has 1 heterocycles. The van der Waals surface area contributed by atoms with Gasteiger partial charge in [0.25, 0.3) is 0 Å². The molecule has 4 heteroatoms. The van der Waals surface area contributed by atoms with Crippen LogP contribution < -0.4 is 5.73 Å². The van der Waals surface area contributed by atoms with Crippen molar-refractivity contribution in [2.75, 3.05) is 19.7 Å². The van der Waals surface area contributed by atoms with Gasteiger partial charge in [0.05, 0.1) is 6.61 Å². The Hall–Kier alpha value is -0.610. The first-order valence-corrected chi connectivity index (χ1v) is 7.78. The van der Waals surface area contributed by atoms with Crippen LogP contribution in [0.3, 0.4) is 0 Å². The maximum atomic E-state index is 11.9. The quantitative estimate of drug-likeness (QED) is 0.788. The molecule has 20 heavy (non-hydrogen) atoms. The van der Waals surface area contributed by atoms with E-state index in [-0.39, 0.29) is 5.97 Å². The predicted octanol–water partition coefficient (Wildman–Crippen LogP) is 2.41. The predicted molar refractivity (Wildman–Crippen MR) is 82.4 cm³/mol. The maximum absolute atomic E-state index is 11.9. The number of hydrogen-bond acceptors (Lipinski definition) is 4. The minimum Gasteiger partial charge on any atom is -0.465 e. The van der Waals surface area contributed by atoms with Crippen LogP contribution in [0.5, 0.6) is 0 Å². The van der Waals surface area contributed by atoms with E-state index in [0.717, 1.165) is 19.0 Å². The standard InChI is InChI=1S/C16H32N2O2/c1-7-20-14(19)16(6,17)10-12(2)18-9-8-13(11-18)15(3,4)5/h12-13H,7-11,17H2,1-6H3. The third-order valence-corrected chi connectivity index (χ3v) is 4.53. The van der Waals surface area contributed by atoms with Gasteiger partial charge in [-0.05, 0) is 51.5 Å². The Morgan fingerprint density at radius 2 is 2.00 bits per heavy atom. The first-order valence-electron chi connectivity index (χ1n) is 7.78. The van der Waals surface area contributed by atoms with E-state index >= 15 is 0 Å². The minimum atomic E-state index is -0.894. The highest BCUT2D eigenvalue weighted by atomic mass is 16.5. The second-order valence-electron chi connectivity index (χ2n) is 7.54. The highest BCUT2D eigenvalue weighted by Crippen LogP contribution is 2.35. The number of carbonyl (C=O) groups is 1. The lowest BCUT2D eigenvalue weighted by molar-refractivity contribution is -0.149. The Morgan fingerprint density at radius 1 is 1.40 bits per heavy atom. The zero-order valence-corrected chi connectivity index (χ0v) is 14.0. The van der Waals surface area contributed by atoms with Crippen LogP contribution in [-0.4, -0.2) is 42.1 Å². The van der Waals surface area contributed by atoms with Gasteiger partial charge in [-0.1, -0.05) is 20.8 Å². The summed E-state index contributed by atoms with van der Waals surface area (Å²) in [5.41, 5.74) is 5.59. The van der Waals surface area contributed by atoms with E-state index in [2.05, 4.69) is 32.6 Å². The average molecular weight is 284 g/mol. The van der Waals surface area contributed by atoms with E-state index in [1.165, 1.54) is 6.42 Å². The number of likely N-dealkylation sites (tertiary alicyclic amines) is 1. The topological polar surface area (TPSA) is 55.6 Å². The summed E-state index contributed by atoms with van der Waals surface area (Å²) in [5.74, 6) is 0.426. The zero-order valence-electron chi connectivity index (χ0n) is 14.0. The van der Waals surface area contributed by atoms with Gasteiger partial charge in [-0.3, -0.25) is 4.79 Å². The Balaban J connectivity index is 2.56. The summed E-state index contributed by atoms with van der Waals surface area (Å²) in [4.78, 5) is 14.3. The van der Waals surface area contributed by atoms with Gasteiger partial charge in [-0.25, -0.2) is 0 Å². The van der Waals surface area contributed by atoms with Crippen LogP contribution in [0.25, 0.3) is 0 Å². The molecular weight excluding hydrogens is 252 g/mol.